The highest BCUT2D eigenvalue weighted by Crippen LogP contribution is 2.26. The monoisotopic (exact) mass is 384 g/mol. The van der Waals surface area contributed by atoms with Crippen LogP contribution in [0.25, 0.3) is 0 Å². The zero-order valence-corrected chi connectivity index (χ0v) is 17.1. The number of aliphatic hydroxyl groups is 1. The van der Waals surface area contributed by atoms with Crippen LogP contribution in [0.4, 0.5) is 0 Å². The van der Waals surface area contributed by atoms with Gasteiger partial charge in [-0.3, -0.25) is 4.79 Å². The normalized spacial score (nSPS) is 20.9. The van der Waals surface area contributed by atoms with E-state index in [9.17, 15) is 9.90 Å². The van der Waals surface area contributed by atoms with Crippen molar-refractivity contribution in [1.82, 2.24) is 0 Å². The molecule has 0 amide bonds. The highest BCUT2D eigenvalue weighted by molar-refractivity contribution is 5.80. The van der Waals surface area contributed by atoms with Crippen LogP contribution in [-0.4, -0.2) is 37.3 Å². The molecule has 1 aliphatic carbocycles. The fourth-order valence-electron chi connectivity index (χ4n) is 2.70. The van der Waals surface area contributed by atoms with E-state index in [-0.39, 0.29) is 18.3 Å². The average molecular weight is 385 g/mol. The minimum atomic E-state index is -0.771. The summed E-state index contributed by atoms with van der Waals surface area (Å²) in [6.07, 6.45) is 23.7. The lowest BCUT2D eigenvalue weighted by Gasteiger charge is -2.23. The molecule has 0 aliphatic heterocycles. The largest absolute Gasteiger partial charge is 0.499 e. The first-order valence-electron chi connectivity index (χ1n) is 9.54. The van der Waals surface area contributed by atoms with Gasteiger partial charge in [0, 0.05) is 26.4 Å². The number of methoxy groups -OCH3 is 2. The summed E-state index contributed by atoms with van der Waals surface area (Å²) in [5.41, 5.74) is 1.16. The van der Waals surface area contributed by atoms with E-state index in [0.717, 1.165) is 24.2 Å². The molecule has 28 heavy (non-hydrogen) atoms. The quantitative estimate of drug-likeness (QED) is 0.412. The third-order valence-corrected chi connectivity index (χ3v) is 4.21. The molecule has 0 saturated heterocycles. The van der Waals surface area contributed by atoms with Gasteiger partial charge in [-0.2, -0.15) is 0 Å². The van der Waals surface area contributed by atoms with E-state index in [0.29, 0.717) is 6.42 Å². The molecule has 152 valence electrons. The molecule has 1 aliphatic rings. The summed E-state index contributed by atoms with van der Waals surface area (Å²) in [6, 6.07) is 0. The van der Waals surface area contributed by atoms with Crippen molar-refractivity contribution in [2.75, 3.05) is 14.2 Å². The van der Waals surface area contributed by atoms with Crippen LogP contribution in [0.1, 0.15) is 32.6 Å². The lowest BCUT2D eigenvalue weighted by atomic mass is 9.95. The molecule has 0 saturated carbocycles. The maximum atomic E-state index is 12.1. The average Bonchev–Trinajstić information content (AvgIpc) is 2.70. The van der Waals surface area contributed by atoms with Crippen LogP contribution in [-0.2, 0) is 14.3 Å². The number of allylic oxidation sites excluding steroid dienone is 11. The molecular weight excluding hydrogens is 352 g/mol. The zero-order valence-electron chi connectivity index (χ0n) is 17.1. The first-order valence-corrected chi connectivity index (χ1v) is 9.54. The van der Waals surface area contributed by atoms with E-state index in [2.05, 4.69) is 0 Å². The number of carbonyl (C=O) groups excluding carboxylic acids is 1. The topological polar surface area (TPSA) is 55.8 Å². The predicted molar refractivity (Wildman–Crippen MR) is 115 cm³/mol. The second kappa shape index (κ2) is 14.6. The van der Waals surface area contributed by atoms with Gasteiger partial charge in [0.25, 0.3) is 0 Å². The van der Waals surface area contributed by atoms with E-state index < -0.39 is 6.10 Å². The van der Waals surface area contributed by atoms with E-state index in [4.69, 9.17) is 9.47 Å². The van der Waals surface area contributed by atoms with Gasteiger partial charge in [-0.05, 0) is 19.4 Å². The van der Waals surface area contributed by atoms with Gasteiger partial charge in [-0.15, -0.1) is 0 Å². The van der Waals surface area contributed by atoms with E-state index in [1.165, 1.54) is 0 Å². The fourth-order valence-corrected chi connectivity index (χ4v) is 2.70. The lowest BCUT2D eigenvalue weighted by molar-refractivity contribution is -0.119. The highest BCUT2D eigenvalue weighted by Gasteiger charge is 2.20. The Morgan fingerprint density at radius 2 is 1.79 bits per heavy atom. The molecule has 4 heteroatoms. The van der Waals surface area contributed by atoms with Crippen molar-refractivity contribution in [3.05, 3.63) is 84.2 Å². The molecule has 0 aromatic carbocycles. The van der Waals surface area contributed by atoms with Crippen LogP contribution in [0.3, 0.4) is 0 Å². The Bertz CT molecular complexity index is 675. The van der Waals surface area contributed by atoms with Gasteiger partial charge in [-0.25, -0.2) is 0 Å². The Labute approximate surface area is 168 Å². The second-order valence-electron chi connectivity index (χ2n) is 6.39. The third kappa shape index (κ3) is 10.0. The summed E-state index contributed by atoms with van der Waals surface area (Å²) in [6.45, 7) is 1.97. The predicted octanol–water partition coefficient (Wildman–Crippen LogP) is 4.76. The van der Waals surface area contributed by atoms with Crippen LogP contribution in [0.2, 0.25) is 0 Å². The Kier molecular flexibility index (Phi) is 12.3. The van der Waals surface area contributed by atoms with Crippen molar-refractivity contribution in [1.29, 1.82) is 0 Å². The highest BCUT2D eigenvalue weighted by atomic mass is 16.5. The minimum absolute atomic E-state index is 0.0122. The summed E-state index contributed by atoms with van der Waals surface area (Å²) < 4.78 is 10.7. The first-order chi connectivity index (χ1) is 13.6. The van der Waals surface area contributed by atoms with Crippen LogP contribution < -0.4 is 0 Å². The lowest BCUT2D eigenvalue weighted by Crippen LogP contribution is -2.19. The molecular formula is C24H32O4. The SMILES string of the molecule is CC=CC=CC=CC=CC=CC(O)CC(=O)CC=C1CC=C(OC)C(OC)C1. The van der Waals surface area contributed by atoms with Crippen LogP contribution in [0, 0.1) is 0 Å². The second-order valence-corrected chi connectivity index (χ2v) is 6.39. The minimum Gasteiger partial charge on any atom is -0.499 e. The maximum absolute atomic E-state index is 12.1. The molecule has 0 heterocycles. The summed E-state index contributed by atoms with van der Waals surface area (Å²) >= 11 is 0. The van der Waals surface area contributed by atoms with E-state index in [1.54, 1.807) is 26.4 Å². The number of hydrogen-bond donors (Lipinski definition) is 1. The molecule has 1 rings (SSSR count). The molecule has 4 nitrogen and oxygen atoms in total. The van der Waals surface area contributed by atoms with Gasteiger partial charge in [0.2, 0.25) is 0 Å². The van der Waals surface area contributed by atoms with Gasteiger partial charge in [0.05, 0.1) is 13.2 Å². The van der Waals surface area contributed by atoms with Gasteiger partial charge in [0.1, 0.15) is 17.6 Å². The van der Waals surface area contributed by atoms with Crippen molar-refractivity contribution in [2.45, 2.75) is 44.8 Å². The van der Waals surface area contributed by atoms with Crippen LogP contribution >= 0.6 is 0 Å². The number of Topliss-reactive ketones (excluding diaryl/α,β-unsaturated/α-hetero) is 1. The van der Waals surface area contributed by atoms with Gasteiger partial charge in [-0.1, -0.05) is 72.4 Å². The van der Waals surface area contributed by atoms with Crippen molar-refractivity contribution >= 4 is 5.78 Å². The molecule has 2 atom stereocenters. The Hall–Kier alpha value is -2.43. The number of ether oxygens (including phenoxy) is 2. The molecule has 0 radical (unpaired) electrons. The van der Waals surface area contributed by atoms with Crippen molar-refractivity contribution in [2.24, 2.45) is 0 Å². The molecule has 2 unspecified atom stereocenters. The molecule has 0 aromatic heterocycles. The zero-order chi connectivity index (χ0) is 20.6. The molecule has 0 fully saturated rings. The first kappa shape index (κ1) is 23.6. The molecule has 1 N–H and O–H groups in total. The standard InChI is InChI=1S/C24H32O4/c1-4-5-6-7-8-9-10-11-12-13-21(25)19-22(26)16-14-20-15-17-23(27-2)24(18-20)28-3/h4-14,17,21,24-25H,15-16,18-19H2,1-3H3. The van der Waals surface area contributed by atoms with Gasteiger partial charge in [0.15, 0.2) is 0 Å². The number of carbonyl (C=O) groups is 1. The summed E-state index contributed by atoms with van der Waals surface area (Å²) in [5, 5.41) is 9.96. The van der Waals surface area contributed by atoms with Crippen LogP contribution in [0.5, 0.6) is 0 Å². The number of ketones is 1. The number of rotatable bonds is 11. The number of aliphatic hydroxyl groups excluding tert-OH is 1. The fraction of sp³-hybridized carbons (Fsp3) is 0.375. The molecule has 0 bridgehead atoms. The Balaban J connectivity index is 2.37. The van der Waals surface area contributed by atoms with E-state index in [1.807, 2.05) is 67.7 Å². The maximum Gasteiger partial charge on any atom is 0.139 e. The summed E-state index contributed by atoms with van der Waals surface area (Å²) in [7, 11) is 3.29. The van der Waals surface area contributed by atoms with Gasteiger partial charge < -0.3 is 14.6 Å². The smallest absolute Gasteiger partial charge is 0.139 e. The van der Waals surface area contributed by atoms with Crippen molar-refractivity contribution in [3.8, 4) is 0 Å². The van der Waals surface area contributed by atoms with Crippen molar-refractivity contribution < 1.29 is 19.4 Å². The van der Waals surface area contributed by atoms with Crippen molar-refractivity contribution in [3.63, 3.8) is 0 Å². The Morgan fingerprint density at radius 3 is 2.39 bits per heavy atom. The van der Waals surface area contributed by atoms with Crippen LogP contribution in [0.15, 0.2) is 84.2 Å². The molecule has 0 aromatic rings. The van der Waals surface area contributed by atoms with E-state index >= 15 is 0 Å². The molecule has 0 spiro atoms. The third-order valence-electron chi connectivity index (χ3n) is 4.21. The summed E-state index contributed by atoms with van der Waals surface area (Å²) in [4.78, 5) is 12.1. The Morgan fingerprint density at radius 1 is 1.14 bits per heavy atom. The van der Waals surface area contributed by atoms with Gasteiger partial charge >= 0.3 is 0 Å². The summed E-state index contributed by atoms with van der Waals surface area (Å²) in [5.74, 6) is 0.849. The number of hydrogen-bond acceptors (Lipinski definition) is 4.